The molecule has 4 heteroatoms. The molecule has 0 bridgehead atoms. The summed E-state index contributed by atoms with van der Waals surface area (Å²) >= 11 is 0. The third-order valence-electron chi connectivity index (χ3n) is 2.67. The van der Waals surface area contributed by atoms with Crippen molar-refractivity contribution < 1.29 is 9.59 Å². The van der Waals surface area contributed by atoms with Crippen LogP contribution in [-0.2, 0) is 9.59 Å². The molecule has 2 amide bonds. The largest absolute Gasteiger partial charge is 0.356 e. The molecule has 1 aliphatic carbocycles. The second-order valence-electron chi connectivity index (χ2n) is 4.03. The van der Waals surface area contributed by atoms with Crippen molar-refractivity contribution in [3.8, 4) is 0 Å². The maximum atomic E-state index is 11.4. The van der Waals surface area contributed by atoms with E-state index in [1.54, 1.807) is 0 Å². The molecule has 2 N–H and O–H groups in total. The maximum absolute atomic E-state index is 11.4. The first-order valence-electron chi connectivity index (χ1n) is 5.78. The highest BCUT2D eigenvalue weighted by atomic mass is 16.2. The molecule has 0 heterocycles. The van der Waals surface area contributed by atoms with Crippen LogP contribution in [0.5, 0.6) is 0 Å². The SMILES string of the molecule is CCNC(=O)CC(=O)NC1CCCCC1. The van der Waals surface area contributed by atoms with Crippen molar-refractivity contribution in [1.82, 2.24) is 10.6 Å². The fourth-order valence-corrected chi connectivity index (χ4v) is 1.93. The monoisotopic (exact) mass is 212 g/mol. The summed E-state index contributed by atoms with van der Waals surface area (Å²) in [5.41, 5.74) is 0. The number of hydrogen-bond acceptors (Lipinski definition) is 2. The predicted octanol–water partition coefficient (Wildman–Crippen LogP) is 0.961. The Labute approximate surface area is 90.8 Å². The van der Waals surface area contributed by atoms with Crippen LogP contribution in [0.1, 0.15) is 45.4 Å². The van der Waals surface area contributed by atoms with E-state index in [-0.39, 0.29) is 18.2 Å². The highest BCUT2D eigenvalue weighted by molar-refractivity contribution is 5.96. The lowest BCUT2D eigenvalue weighted by Crippen LogP contribution is -2.39. The van der Waals surface area contributed by atoms with Gasteiger partial charge in [-0.05, 0) is 19.8 Å². The van der Waals surface area contributed by atoms with Gasteiger partial charge in [0.1, 0.15) is 6.42 Å². The van der Waals surface area contributed by atoms with Crippen LogP contribution in [0.15, 0.2) is 0 Å². The average Bonchev–Trinajstić information content (AvgIpc) is 2.19. The van der Waals surface area contributed by atoms with Crippen molar-refractivity contribution in [2.45, 2.75) is 51.5 Å². The summed E-state index contributed by atoms with van der Waals surface area (Å²) in [4.78, 5) is 22.5. The topological polar surface area (TPSA) is 58.2 Å². The molecular formula is C11H20N2O2. The number of rotatable bonds is 4. The Bertz CT molecular complexity index is 223. The fraction of sp³-hybridized carbons (Fsp3) is 0.818. The van der Waals surface area contributed by atoms with Gasteiger partial charge in [-0.25, -0.2) is 0 Å². The minimum Gasteiger partial charge on any atom is -0.356 e. The number of carbonyl (C=O) groups is 2. The predicted molar refractivity (Wildman–Crippen MR) is 58.3 cm³/mol. The van der Waals surface area contributed by atoms with Crippen molar-refractivity contribution in [3.05, 3.63) is 0 Å². The van der Waals surface area contributed by atoms with E-state index in [2.05, 4.69) is 10.6 Å². The molecular weight excluding hydrogens is 192 g/mol. The van der Waals surface area contributed by atoms with E-state index in [0.29, 0.717) is 12.6 Å². The Hall–Kier alpha value is -1.06. The molecule has 0 aromatic rings. The highest BCUT2D eigenvalue weighted by Gasteiger charge is 2.16. The Balaban J connectivity index is 2.19. The van der Waals surface area contributed by atoms with Crippen molar-refractivity contribution in [2.75, 3.05) is 6.54 Å². The van der Waals surface area contributed by atoms with Crippen molar-refractivity contribution >= 4 is 11.8 Å². The summed E-state index contributed by atoms with van der Waals surface area (Å²) in [6.07, 6.45) is 5.72. The van der Waals surface area contributed by atoms with Crippen molar-refractivity contribution in [3.63, 3.8) is 0 Å². The molecule has 0 unspecified atom stereocenters. The molecule has 1 saturated carbocycles. The van der Waals surface area contributed by atoms with Crippen LogP contribution in [0.3, 0.4) is 0 Å². The number of nitrogens with one attached hydrogen (secondary N) is 2. The Morgan fingerprint density at radius 1 is 1.13 bits per heavy atom. The van der Waals surface area contributed by atoms with Crippen molar-refractivity contribution in [2.24, 2.45) is 0 Å². The summed E-state index contributed by atoms with van der Waals surface area (Å²) in [6, 6.07) is 0.292. The zero-order valence-electron chi connectivity index (χ0n) is 9.34. The smallest absolute Gasteiger partial charge is 0.229 e. The van der Waals surface area contributed by atoms with Gasteiger partial charge in [0.15, 0.2) is 0 Å². The molecule has 4 nitrogen and oxygen atoms in total. The third kappa shape index (κ3) is 4.81. The van der Waals surface area contributed by atoms with E-state index < -0.39 is 0 Å². The van der Waals surface area contributed by atoms with Gasteiger partial charge in [-0.3, -0.25) is 9.59 Å². The summed E-state index contributed by atoms with van der Waals surface area (Å²) < 4.78 is 0. The number of hydrogen-bond donors (Lipinski definition) is 2. The first-order valence-corrected chi connectivity index (χ1v) is 5.78. The van der Waals surface area contributed by atoms with Crippen LogP contribution >= 0.6 is 0 Å². The Morgan fingerprint density at radius 2 is 1.80 bits per heavy atom. The number of amides is 2. The lowest BCUT2D eigenvalue weighted by atomic mass is 9.95. The summed E-state index contributed by atoms with van der Waals surface area (Å²) in [5, 5.41) is 5.52. The molecule has 15 heavy (non-hydrogen) atoms. The molecule has 0 saturated heterocycles. The molecule has 1 rings (SSSR count). The van der Waals surface area contributed by atoms with Gasteiger partial charge >= 0.3 is 0 Å². The van der Waals surface area contributed by atoms with Crippen LogP contribution < -0.4 is 10.6 Å². The third-order valence-corrected chi connectivity index (χ3v) is 2.67. The minimum absolute atomic E-state index is 0.0374. The molecule has 1 fully saturated rings. The van der Waals surface area contributed by atoms with Crippen LogP contribution in [-0.4, -0.2) is 24.4 Å². The van der Waals surface area contributed by atoms with Crippen molar-refractivity contribution in [1.29, 1.82) is 0 Å². The van der Waals surface area contributed by atoms with Gasteiger partial charge in [0.25, 0.3) is 0 Å². The molecule has 1 aliphatic rings. The molecule has 0 atom stereocenters. The van der Waals surface area contributed by atoms with E-state index in [4.69, 9.17) is 0 Å². The van der Waals surface area contributed by atoms with Gasteiger partial charge < -0.3 is 10.6 Å². The Kier molecular flexibility index (Phi) is 5.15. The standard InChI is InChI=1S/C11H20N2O2/c1-2-12-10(14)8-11(15)13-9-6-4-3-5-7-9/h9H,2-8H2,1H3,(H,12,14)(H,13,15). The molecule has 0 radical (unpaired) electrons. The Morgan fingerprint density at radius 3 is 2.40 bits per heavy atom. The highest BCUT2D eigenvalue weighted by Crippen LogP contribution is 2.17. The van der Waals surface area contributed by atoms with Gasteiger partial charge in [0.05, 0.1) is 0 Å². The van der Waals surface area contributed by atoms with Crippen LogP contribution in [0.4, 0.5) is 0 Å². The summed E-state index contributed by atoms with van der Waals surface area (Å²) in [6.45, 7) is 2.42. The zero-order valence-corrected chi connectivity index (χ0v) is 9.34. The van der Waals surface area contributed by atoms with E-state index in [9.17, 15) is 9.59 Å². The van der Waals surface area contributed by atoms with Gasteiger partial charge in [-0.2, -0.15) is 0 Å². The van der Waals surface area contributed by atoms with Gasteiger partial charge in [0.2, 0.25) is 11.8 Å². The average molecular weight is 212 g/mol. The van der Waals surface area contributed by atoms with Crippen LogP contribution in [0.25, 0.3) is 0 Å². The van der Waals surface area contributed by atoms with E-state index in [1.165, 1.54) is 19.3 Å². The lowest BCUT2D eigenvalue weighted by molar-refractivity contribution is -0.129. The molecule has 0 aliphatic heterocycles. The van der Waals surface area contributed by atoms with Crippen LogP contribution in [0, 0.1) is 0 Å². The maximum Gasteiger partial charge on any atom is 0.229 e. The van der Waals surface area contributed by atoms with Gasteiger partial charge in [-0.1, -0.05) is 19.3 Å². The molecule has 0 aromatic carbocycles. The zero-order chi connectivity index (χ0) is 11.1. The normalized spacial score (nSPS) is 17.1. The molecule has 0 spiro atoms. The second-order valence-corrected chi connectivity index (χ2v) is 4.03. The fourth-order valence-electron chi connectivity index (χ4n) is 1.93. The van der Waals surface area contributed by atoms with Crippen LogP contribution in [0.2, 0.25) is 0 Å². The molecule has 0 aromatic heterocycles. The van der Waals surface area contributed by atoms with E-state index in [0.717, 1.165) is 12.8 Å². The van der Waals surface area contributed by atoms with E-state index in [1.807, 2.05) is 6.92 Å². The van der Waals surface area contributed by atoms with Gasteiger partial charge in [0, 0.05) is 12.6 Å². The number of carbonyl (C=O) groups excluding carboxylic acids is 2. The molecule has 86 valence electrons. The lowest BCUT2D eigenvalue weighted by Gasteiger charge is -2.22. The quantitative estimate of drug-likeness (QED) is 0.682. The minimum atomic E-state index is -0.189. The van der Waals surface area contributed by atoms with Gasteiger partial charge in [-0.15, -0.1) is 0 Å². The summed E-state index contributed by atoms with van der Waals surface area (Å²) in [7, 11) is 0. The first-order chi connectivity index (χ1) is 7.22. The second kappa shape index (κ2) is 6.43. The summed E-state index contributed by atoms with van der Waals surface area (Å²) in [5.74, 6) is -0.335. The first kappa shape index (κ1) is 12.0. The van der Waals surface area contributed by atoms with E-state index >= 15 is 0 Å².